The summed E-state index contributed by atoms with van der Waals surface area (Å²) in [6.07, 6.45) is -1.05. The van der Waals surface area contributed by atoms with Crippen LogP contribution in [0.25, 0.3) is 0 Å². The van der Waals surface area contributed by atoms with Crippen LogP contribution in [0.4, 0.5) is 18.0 Å². The zero-order valence-corrected chi connectivity index (χ0v) is 12.2. The van der Waals surface area contributed by atoms with Crippen LogP contribution in [-0.4, -0.2) is 25.2 Å². The van der Waals surface area contributed by atoms with Crippen molar-refractivity contribution in [2.75, 3.05) is 13.1 Å². The van der Waals surface area contributed by atoms with Gasteiger partial charge in [-0.05, 0) is 37.1 Å². The smallest absolute Gasteiger partial charge is 0.337 e. The summed E-state index contributed by atoms with van der Waals surface area (Å²) in [4.78, 5) is 11.7. The lowest BCUT2D eigenvalue weighted by atomic mass is 10.1. The molecule has 7 heteroatoms. The Bertz CT molecular complexity index is 499. The number of urea groups is 1. The molecule has 1 aromatic rings. The number of carbonyl (C=O) groups is 1. The molecule has 4 nitrogen and oxygen atoms in total. The van der Waals surface area contributed by atoms with Crippen LogP contribution < -0.4 is 16.0 Å². The number of amides is 2. The van der Waals surface area contributed by atoms with Crippen LogP contribution in [0.1, 0.15) is 30.4 Å². The van der Waals surface area contributed by atoms with Crippen molar-refractivity contribution in [1.82, 2.24) is 16.0 Å². The molecule has 1 aliphatic rings. The minimum atomic E-state index is -4.37. The molecule has 0 aliphatic carbocycles. The highest BCUT2D eigenvalue weighted by Crippen LogP contribution is 2.29. The molecule has 1 saturated heterocycles. The van der Waals surface area contributed by atoms with E-state index in [1.54, 1.807) is 6.07 Å². The first-order valence-electron chi connectivity index (χ1n) is 7.36. The third-order valence-electron chi connectivity index (χ3n) is 3.63. The van der Waals surface area contributed by atoms with Gasteiger partial charge < -0.3 is 16.0 Å². The molecular weight excluding hydrogens is 295 g/mol. The number of hydrogen-bond donors (Lipinski definition) is 3. The molecule has 3 N–H and O–H groups in total. The second kappa shape index (κ2) is 7.49. The summed E-state index contributed by atoms with van der Waals surface area (Å²) in [5.41, 5.74) is -0.292. The summed E-state index contributed by atoms with van der Waals surface area (Å²) in [6.45, 7) is 1.54. The van der Waals surface area contributed by atoms with Crippen molar-refractivity contribution in [3.63, 3.8) is 0 Å². The van der Waals surface area contributed by atoms with E-state index in [1.165, 1.54) is 6.07 Å². The standard InChI is InChI=1S/C15H20F3N3O/c16-15(17,18)12-5-3-4-11(8-12)9-20-14(22)21-10-13-6-1-2-7-19-13/h3-5,8,13,19H,1-2,6-7,9-10H2,(H2,20,21,22). The third kappa shape index (κ3) is 5.22. The van der Waals surface area contributed by atoms with Gasteiger partial charge in [0.2, 0.25) is 0 Å². The molecule has 1 fully saturated rings. The van der Waals surface area contributed by atoms with E-state index >= 15 is 0 Å². The molecule has 2 rings (SSSR count). The Labute approximate surface area is 127 Å². The molecule has 1 atom stereocenters. The Hall–Kier alpha value is -1.76. The van der Waals surface area contributed by atoms with Gasteiger partial charge in [-0.15, -0.1) is 0 Å². The molecule has 1 unspecified atom stereocenters. The van der Waals surface area contributed by atoms with Crippen molar-refractivity contribution in [2.24, 2.45) is 0 Å². The number of alkyl halides is 3. The Morgan fingerprint density at radius 1 is 1.27 bits per heavy atom. The maximum Gasteiger partial charge on any atom is 0.416 e. The van der Waals surface area contributed by atoms with Crippen LogP contribution in [0.3, 0.4) is 0 Å². The SMILES string of the molecule is O=C(NCc1cccc(C(F)(F)F)c1)NCC1CCCCN1. The van der Waals surface area contributed by atoms with Crippen LogP contribution in [0.2, 0.25) is 0 Å². The fraction of sp³-hybridized carbons (Fsp3) is 0.533. The van der Waals surface area contributed by atoms with E-state index in [9.17, 15) is 18.0 Å². The minimum absolute atomic E-state index is 0.0633. The topological polar surface area (TPSA) is 53.2 Å². The van der Waals surface area contributed by atoms with Gasteiger partial charge in [-0.1, -0.05) is 18.6 Å². The number of piperidine rings is 1. The Balaban J connectivity index is 1.76. The third-order valence-corrected chi connectivity index (χ3v) is 3.63. The van der Waals surface area contributed by atoms with Crippen molar-refractivity contribution >= 4 is 6.03 Å². The van der Waals surface area contributed by atoms with E-state index < -0.39 is 11.7 Å². The molecule has 0 aromatic heterocycles. The summed E-state index contributed by atoms with van der Waals surface area (Å²) >= 11 is 0. The minimum Gasteiger partial charge on any atom is -0.337 e. The molecule has 122 valence electrons. The fourth-order valence-electron chi connectivity index (χ4n) is 2.42. The first kappa shape index (κ1) is 16.6. The fourth-order valence-corrected chi connectivity index (χ4v) is 2.42. The quantitative estimate of drug-likeness (QED) is 0.800. The second-order valence-corrected chi connectivity index (χ2v) is 5.41. The summed E-state index contributed by atoms with van der Waals surface area (Å²) in [5, 5.41) is 8.61. The van der Waals surface area contributed by atoms with Gasteiger partial charge in [0, 0.05) is 19.1 Å². The Morgan fingerprint density at radius 2 is 2.09 bits per heavy atom. The van der Waals surface area contributed by atoms with Crippen molar-refractivity contribution < 1.29 is 18.0 Å². The van der Waals surface area contributed by atoms with Gasteiger partial charge in [0.05, 0.1) is 5.56 Å². The lowest BCUT2D eigenvalue weighted by molar-refractivity contribution is -0.137. The van der Waals surface area contributed by atoms with Crippen molar-refractivity contribution in [2.45, 2.75) is 38.0 Å². The van der Waals surface area contributed by atoms with Gasteiger partial charge in [0.25, 0.3) is 0 Å². The summed E-state index contributed by atoms with van der Waals surface area (Å²) < 4.78 is 37.8. The largest absolute Gasteiger partial charge is 0.416 e. The van der Waals surface area contributed by atoms with E-state index in [2.05, 4.69) is 16.0 Å². The number of hydrogen-bond acceptors (Lipinski definition) is 2. The Morgan fingerprint density at radius 3 is 2.77 bits per heavy atom. The first-order valence-corrected chi connectivity index (χ1v) is 7.36. The maximum absolute atomic E-state index is 12.6. The molecule has 0 bridgehead atoms. The number of benzene rings is 1. The highest BCUT2D eigenvalue weighted by Gasteiger charge is 2.30. The molecule has 2 amide bonds. The average Bonchev–Trinajstić information content (AvgIpc) is 2.51. The molecular formula is C15H20F3N3O. The molecule has 0 radical (unpaired) electrons. The average molecular weight is 315 g/mol. The number of halogens is 3. The number of rotatable bonds is 4. The van der Waals surface area contributed by atoms with Crippen LogP contribution in [0.5, 0.6) is 0 Å². The Kier molecular flexibility index (Phi) is 5.65. The monoisotopic (exact) mass is 315 g/mol. The van der Waals surface area contributed by atoms with Crippen LogP contribution in [0, 0.1) is 0 Å². The van der Waals surface area contributed by atoms with Crippen LogP contribution in [-0.2, 0) is 12.7 Å². The van der Waals surface area contributed by atoms with Gasteiger partial charge in [0.1, 0.15) is 0 Å². The van der Waals surface area contributed by atoms with E-state index in [4.69, 9.17) is 0 Å². The predicted molar refractivity (Wildman–Crippen MR) is 77.3 cm³/mol. The number of nitrogens with one attached hydrogen (secondary N) is 3. The maximum atomic E-state index is 12.6. The number of carbonyl (C=O) groups excluding carboxylic acids is 1. The van der Waals surface area contributed by atoms with Gasteiger partial charge in [-0.25, -0.2) is 4.79 Å². The zero-order chi connectivity index (χ0) is 16.0. The highest BCUT2D eigenvalue weighted by molar-refractivity contribution is 5.73. The second-order valence-electron chi connectivity index (χ2n) is 5.41. The van der Waals surface area contributed by atoms with Crippen LogP contribution in [0.15, 0.2) is 24.3 Å². The van der Waals surface area contributed by atoms with E-state index in [-0.39, 0.29) is 18.6 Å². The van der Waals surface area contributed by atoms with E-state index in [1.807, 2.05) is 0 Å². The van der Waals surface area contributed by atoms with Gasteiger partial charge >= 0.3 is 12.2 Å². The molecule has 1 aliphatic heterocycles. The lowest BCUT2D eigenvalue weighted by Crippen LogP contribution is -2.46. The summed E-state index contributed by atoms with van der Waals surface area (Å²) in [6, 6.07) is 4.85. The normalized spacial score (nSPS) is 18.8. The summed E-state index contributed by atoms with van der Waals surface area (Å²) in [7, 11) is 0. The van der Waals surface area contributed by atoms with Crippen molar-refractivity contribution in [1.29, 1.82) is 0 Å². The molecule has 22 heavy (non-hydrogen) atoms. The lowest BCUT2D eigenvalue weighted by Gasteiger charge is -2.23. The van der Waals surface area contributed by atoms with E-state index in [0.717, 1.165) is 37.9 Å². The molecule has 0 saturated carbocycles. The van der Waals surface area contributed by atoms with Crippen molar-refractivity contribution in [3.8, 4) is 0 Å². The molecule has 0 spiro atoms. The van der Waals surface area contributed by atoms with Gasteiger partial charge in [-0.2, -0.15) is 13.2 Å². The van der Waals surface area contributed by atoms with E-state index in [0.29, 0.717) is 12.1 Å². The van der Waals surface area contributed by atoms with Crippen molar-refractivity contribution in [3.05, 3.63) is 35.4 Å². The highest BCUT2D eigenvalue weighted by atomic mass is 19.4. The molecule has 1 aromatic carbocycles. The summed E-state index contributed by atoms with van der Waals surface area (Å²) in [5.74, 6) is 0. The molecule has 1 heterocycles. The van der Waals surface area contributed by atoms with Gasteiger partial charge in [-0.3, -0.25) is 0 Å². The van der Waals surface area contributed by atoms with Crippen LogP contribution >= 0.6 is 0 Å². The first-order chi connectivity index (χ1) is 10.4. The van der Waals surface area contributed by atoms with Gasteiger partial charge in [0.15, 0.2) is 0 Å². The zero-order valence-electron chi connectivity index (χ0n) is 12.2. The predicted octanol–water partition coefficient (Wildman–Crippen LogP) is 2.65.